The van der Waals surface area contributed by atoms with Crippen molar-refractivity contribution in [2.75, 3.05) is 29.5 Å². The van der Waals surface area contributed by atoms with Gasteiger partial charge >= 0.3 is 12.3 Å². The number of halogens is 3. The number of ether oxygens (including phenoxy) is 2. The highest BCUT2D eigenvalue weighted by Gasteiger charge is 2.31. The summed E-state index contributed by atoms with van der Waals surface area (Å²) in [5.74, 6) is -1.11. The van der Waals surface area contributed by atoms with Crippen LogP contribution in [-0.4, -0.2) is 46.8 Å². The maximum atomic E-state index is 13.1. The largest absolute Gasteiger partial charge is 0.477 e. The van der Waals surface area contributed by atoms with Crippen LogP contribution in [0.15, 0.2) is 24.3 Å². The second-order valence-electron chi connectivity index (χ2n) is 8.99. The van der Waals surface area contributed by atoms with E-state index < -0.39 is 35.4 Å². The molecule has 38 heavy (non-hydrogen) atoms. The van der Waals surface area contributed by atoms with Gasteiger partial charge in [0, 0.05) is 12.2 Å². The number of nitrogens with two attached hydrogens (primary N) is 1. The normalized spacial score (nSPS) is 12.2. The van der Waals surface area contributed by atoms with E-state index in [-0.39, 0.29) is 54.9 Å². The lowest BCUT2D eigenvalue weighted by molar-refractivity contribution is -0.137. The third-order valence-corrected chi connectivity index (χ3v) is 4.71. The molecule has 0 aliphatic rings. The van der Waals surface area contributed by atoms with Gasteiger partial charge in [-0.05, 0) is 58.7 Å². The summed E-state index contributed by atoms with van der Waals surface area (Å²) in [5.41, 5.74) is 3.91. The fourth-order valence-electron chi connectivity index (χ4n) is 3.15. The van der Waals surface area contributed by atoms with Gasteiger partial charge in [-0.1, -0.05) is 6.07 Å². The molecule has 14 heteroatoms. The molecule has 2 aromatic rings. The smallest absolute Gasteiger partial charge is 0.416 e. The second-order valence-corrected chi connectivity index (χ2v) is 8.99. The van der Waals surface area contributed by atoms with E-state index in [1.807, 2.05) is 6.07 Å². The molecule has 5 N–H and O–H groups in total. The standard InChI is InChI=1S/C24H30F3N7O4/c1-5-37-20-16(13-28)18(33-21(29)34-20)32-17(10-7-11-30-22(36)38-23(2,3)4)19(35)31-15-9-6-8-14(12-15)24(25,26)27/h6,8-9,12,17H,5,7,10-11H2,1-4H3,(H,30,36)(H,31,35)(H3,29,32,33,34)/t17-/m0/s1. The van der Waals surface area contributed by atoms with Gasteiger partial charge in [-0.15, -0.1) is 0 Å². The zero-order chi connectivity index (χ0) is 28.5. The van der Waals surface area contributed by atoms with E-state index in [1.54, 1.807) is 27.7 Å². The Morgan fingerprint density at radius 1 is 1.21 bits per heavy atom. The number of aromatic nitrogens is 2. The molecule has 1 heterocycles. The molecular weight excluding hydrogens is 507 g/mol. The van der Waals surface area contributed by atoms with Gasteiger partial charge in [0.25, 0.3) is 0 Å². The number of nitrogen functional groups attached to an aromatic ring is 1. The van der Waals surface area contributed by atoms with Gasteiger partial charge in [0.15, 0.2) is 11.4 Å². The average Bonchev–Trinajstić information content (AvgIpc) is 2.79. The molecule has 1 aromatic carbocycles. The van der Waals surface area contributed by atoms with Gasteiger partial charge in [-0.2, -0.15) is 28.4 Å². The topological polar surface area (TPSA) is 164 Å². The van der Waals surface area contributed by atoms with Crippen LogP contribution in [-0.2, 0) is 15.7 Å². The Bertz CT molecular complexity index is 1180. The van der Waals surface area contributed by atoms with Crippen molar-refractivity contribution in [2.24, 2.45) is 0 Å². The predicted molar refractivity (Wildman–Crippen MR) is 133 cm³/mol. The molecule has 0 aliphatic carbocycles. The average molecular weight is 538 g/mol. The summed E-state index contributed by atoms with van der Waals surface area (Å²) in [6, 6.07) is 4.96. The Morgan fingerprint density at radius 3 is 2.53 bits per heavy atom. The first kappa shape index (κ1) is 29.9. The van der Waals surface area contributed by atoms with Crippen LogP contribution in [0.25, 0.3) is 0 Å². The summed E-state index contributed by atoms with van der Waals surface area (Å²) in [6.07, 6.45) is -4.90. The van der Waals surface area contributed by atoms with Crippen molar-refractivity contribution in [3.05, 3.63) is 35.4 Å². The second kappa shape index (κ2) is 12.8. The van der Waals surface area contributed by atoms with Crippen LogP contribution in [0.5, 0.6) is 5.88 Å². The zero-order valence-electron chi connectivity index (χ0n) is 21.4. The first-order chi connectivity index (χ1) is 17.7. The summed E-state index contributed by atoms with van der Waals surface area (Å²) < 4.78 is 49.8. The third kappa shape index (κ3) is 9.30. The van der Waals surface area contributed by atoms with Crippen LogP contribution in [0.3, 0.4) is 0 Å². The molecular formula is C24H30F3N7O4. The Labute approximate surface area is 217 Å². The van der Waals surface area contributed by atoms with Crippen LogP contribution in [0.2, 0.25) is 0 Å². The molecule has 0 spiro atoms. The molecule has 206 valence electrons. The van der Waals surface area contributed by atoms with Gasteiger partial charge in [0.05, 0.1) is 12.2 Å². The molecule has 2 amide bonds. The van der Waals surface area contributed by atoms with E-state index >= 15 is 0 Å². The van der Waals surface area contributed by atoms with E-state index in [0.29, 0.717) is 0 Å². The fraction of sp³-hybridized carbons (Fsp3) is 0.458. The quantitative estimate of drug-likeness (QED) is 0.327. The summed E-state index contributed by atoms with van der Waals surface area (Å²) in [4.78, 5) is 32.9. The molecule has 0 bridgehead atoms. The molecule has 0 saturated heterocycles. The van der Waals surface area contributed by atoms with Crippen molar-refractivity contribution >= 4 is 29.5 Å². The lowest BCUT2D eigenvalue weighted by Gasteiger charge is -2.22. The molecule has 0 radical (unpaired) electrons. The SMILES string of the molecule is CCOc1nc(N)nc(N[C@@H](CCCNC(=O)OC(C)(C)C)C(=O)Nc2cccc(C(F)(F)F)c2)c1C#N. The fourth-order valence-corrected chi connectivity index (χ4v) is 3.15. The first-order valence-corrected chi connectivity index (χ1v) is 11.7. The van der Waals surface area contributed by atoms with Crippen LogP contribution in [0.1, 0.15) is 51.7 Å². The van der Waals surface area contributed by atoms with Crippen LogP contribution >= 0.6 is 0 Å². The van der Waals surface area contributed by atoms with Gasteiger partial charge in [-0.3, -0.25) is 4.79 Å². The minimum absolute atomic E-state index is 0.0822. The number of anilines is 3. The minimum Gasteiger partial charge on any atom is -0.477 e. The van der Waals surface area contributed by atoms with Crippen molar-refractivity contribution in [3.8, 4) is 11.9 Å². The number of hydrogen-bond donors (Lipinski definition) is 4. The van der Waals surface area contributed by atoms with E-state index in [2.05, 4.69) is 25.9 Å². The summed E-state index contributed by atoms with van der Waals surface area (Å²) >= 11 is 0. The van der Waals surface area contributed by atoms with E-state index in [0.717, 1.165) is 12.1 Å². The van der Waals surface area contributed by atoms with Crippen molar-refractivity contribution in [2.45, 2.75) is 58.4 Å². The number of hydrogen-bond acceptors (Lipinski definition) is 9. The number of amides is 2. The van der Waals surface area contributed by atoms with E-state index in [4.69, 9.17) is 15.2 Å². The van der Waals surface area contributed by atoms with Crippen molar-refractivity contribution < 1.29 is 32.2 Å². The van der Waals surface area contributed by atoms with Crippen LogP contribution < -0.4 is 26.4 Å². The monoisotopic (exact) mass is 537 g/mol. The summed E-state index contributed by atoms with van der Waals surface area (Å²) in [6.45, 7) is 7.12. The van der Waals surface area contributed by atoms with Gasteiger partial charge in [0.1, 0.15) is 17.7 Å². The van der Waals surface area contributed by atoms with Gasteiger partial charge in [0.2, 0.25) is 17.7 Å². The highest BCUT2D eigenvalue weighted by atomic mass is 19.4. The van der Waals surface area contributed by atoms with Crippen LogP contribution in [0.4, 0.5) is 35.4 Å². The minimum atomic E-state index is -4.60. The summed E-state index contributed by atoms with van der Waals surface area (Å²) in [5, 5.41) is 17.4. The Kier molecular flexibility index (Phi) is 10.1. The molecule has 11 nitrogen and oxygen atoms in total. The van der Waals surface area contributed by atoms with Crippen LogP contribution in [0, 0.1) is 11.3 Å². The lowest BCUT2D eigenvalue weighted by atomic mass is 10.1. The Morgan fingerprint density at radius 2 is 1.92 bits per heavy atom. The van der Waals surface area contributed by atoms with Gasteiger partial charge < -0.3 is 31.2 Å². The summed E-state index contributed by atoms with van der Waals surface area (Å²) in [7, 11) is 0. The maximum absolute atomic E-state index is 13.1. The molecule has 1 aromatic heterocycles. The number of nitriles is 1. The Hall–Kier alpha value is -4.28. The molecule has 0 aliphatic heterocycles. The van der Waals surface area contributed by atoms with Gasteiger partial charge in [-0.25, -0.2) is 4.79 Å². The number of nitrogens with one attached hydrogen (secondary N) is 3. The number of alkyl halides is 3. The van der Waals surface area contributed by atoms with E-state index in [9.17, 15) is 28.0 Å². The molecule has 1 atom stereocenters. The third-order valence-electron chi connectivity index (χ3n) is 4.71. The molecule has 0 unspecified atom stereocenters. The zero-order valence-corrected chi connectivity index (χ0v) is 21.4. The molecule has 2 rings (SSSR count). The number of carbonyl (C=O) groups is 2. The predicted octanol–water partition coefficient (Wildman–Crippen LogP) is 4.07. The number of alkyl carbamates (subject to hydrolysis) is 1. The van der Waals surface area contributed by atoms with Crippen molar-refractivity contribution in [1.82, 2.24) is 15.3 Å². The number of benzene rings is 1. The molecule has 0 saturated carbocycles. The van der Waals surface area contributed by atoms with Crippen molar-refractivity contribution in [1.29, 1.82) is 5.26 Å². The van der Waals surface area contributed by atoms with E-state index in [1.165, 1.54) is 12.1 Å². The number of nitrogens with zero attached hydrogens (tertiary/aromatic N) is 3. The maximum Gasteiger partial charge on any atom is 0.416 e. The lowest BCUT2D eigenvalue weighted by Crippen LogP contribution is -2.37. The first-order valence-electron chi connectivity index (χ1n) is 11.7. The Balaban J connectivity index is 2.26. The molecule has 0 fully saturated rings. The highest BCUT2D eigenvalue weighted by Crippen LogP contribution is 2.31. The number of rotatable bonds is 10. The highest BCUT2D eigenvalue weighted by molar-refractivity contribution is 5.96. The van der Waals surface area contributed by atoms with Crippen molar-refractivity contribution in [3.63, 3.8) is 0 Å². The number of carbonyl (C=O) groups excluding carboxylic acids is 2.